The van der Waals surface area contributed by atoms with Crippen LogP contribution in [0.25, 0.3) is 10.9 Å². The van der Waals surface area contributed by atoms with Crippen LogP contribution in [0.1, 0.15) is 103 Å². The van der Waals surface area contributed by atoms with Gasteiger partial charge in [-0.05, 0) is 98.6 Å². The number of aromatic amines is 1. The van der Waals surface area contributed by atoms with Crippen LogP contribution in [0.4, 0.5) is 4.79 Å². The van der Waals surface area contributed by atoms with Gasteiger partial charge in [-0.25, -0.2) is 4.79 Å². The number of aliphatic hydroxyl groups is 1. The highest BCUT2D eigenvalue weighted by Gasteiger charge is 2.39. The number of aromatic hydroxyl groups is 1. The number of amides is 10. The Morgan fingerprint density at radius 1 is 0.652 bits per heavy atom. The van der Waals surface area contributed by atoms with Gasteiger partial charge < -0.3 is 84.6 Å². The van der Waals surface area contributed by atoms with Gasteiger partial charge in [0.15, 0.2) is 5.96 Å². The molecule has 89 heavy (non-hydrogen) atoms. The van der Waals surface area contributed by atoms with E-state index in [9.17, 15) is 58.2 Å². The normalized spacial score (nSPS) is 15.1. The van der Waals surface area contributed by atoms with E-state index >= 15 is 0 Å². The molecule has 10 amide bonds. The minimum Gasteiger partial charge on any atom is -0.508 e. The van der Waals surface area contributed by atoms with Crippen LogP contribution in [-0.2, 0) is 67.3 Å². The van der Waals surface area contributed by atoms with E-state index in [4.69, 9.17) is 21.9 Å². The highest BCUT2D eigenvalue weighted by atomic mass is 35.5. The van der Waals surface area contributed by atoms with E-state index in [2.05, 4.69) is 52.5 Å². The summed E-state index contributed by atoms with van der Waals surface area (Å²) in [6, 6.07) is 10.8. The number of phenolic OH excluding ortho intramolecular Hbond substituents is 1. The summed E-state index contributed by atoms with van der Waals surface area (Å²) < 4.78 is 5.33. The largest absolute Gasteiger partial charge is 0.508 e. The van der Waals surface area contributed by atoms with E-state index in [1.165, 1.54) is 29.2 Å². The average molecular weight is 1260 g/mol. The number of hydrogen-bond donors (Lipinski definition) is 14. The van der Waals surface area contributed by atoms with Crippen molar-refractivity contribution in [2.24, 2.45) is 34.0 Å². The van der Waals surface area contributed by atoms with Gasteiger partial charge in [-0.3, -0.25) is 48.1 Å². The monoisotopic (exact) mass is 1260 g/mol. The zero-order chi connectivity index (χ0) is 64.5. The molecular formula is C61H87ClN14O13. The first-order valence-electron chi connectivity index (χ1n) is 29.6. The Morgan fingerprint density at radius 3 is 1.78 bits per heavy atom. The van der Waals surface area contributed by atoms with Gasteiger partial charge in [0.1, 0.15) is 60.7 Å². The van der Waals surface area contributed by atoms with Gasteiger partial charge >= 0.3 is 6.09 Å². The molecule has 8 atom stereocenters. The second kappa shape index (κ2) is 36.4. The lowest BCUT2D eigenvalue weighted by Crippen LogP contribution is -2.61. The van der Waals surface area contributed by atoms with Crippen molar-refractivity contribution in [3.05, 3.63) is 102 Å². The molecule has 0 unspecified atom stereocenters. The summed E-state index contributed by atoms with van der Waals surface area (Å²) in [4.78, 5) is 147. The number of H-pyrrole nitrogens is 1. The standard InChI is InChI=1S/C61H86N14O13.ClH/c1-6-65-58(85)50-19-13-27-75(50)59(86)44(18-12-26-66-60(63)64)68-53(80)45(28-35(2)3)69-54(81)46(29-36(4)5)70-55(82)47(30-37-20-22-40(77)23-21-37)71-57(84)49(33-76)73-56(83)48(31-39-32-67-42-17-11-10-16-41(39)42)72-52(79)43(24-25-51(62)78)74-61(87)88-34-38-14-8-7-9-15-38;/h7-11,14-17,20-23,32,35-36,43-50,67,76-77H,6,12-13,18-19,24-31,33-34H2,1-5H3,(H2,62,78)(H,65,85)(H,68,80)(H,69,81)(H,70,82)(H,71,84)(H,72,79)(H,73,83)(H,74,87)(H4,63,64,66);1H/t43-,44-,45-,46+,47-,48-,49-,50-;/m0./s1. The third-order valence-electron chi connectivity index (χ3n) is 14.5. The first-order valence-corrected chi connectivity index (χ1v) is 29.6. The molecule has 0 aliphatic carbocycles. The fraction of sp³-hybridized carbons (Fsp3) is 0.492. The van der Waals surface area contributed by atoms with Gasteiger partial charge in [0.05, 0.1) is 6.61 Å². The first-order chi connectivity index (χ1) is 42.0. The number of aromatic nitrogens is 1. The van der Waals surface area contributed by atoms with Crippen molar-refractivity contribution in [3.8, 4) is 5.75 Å². The van der Waals surface area contributed by atoms with Crippen LogP contribution >= 0.6 is 12.4 Å². The number of benzene rings is 3. The lowest BCUT2D eigenvalue weighted by Gasteiger charge is -2.31. The molecule has 0 saturated carbocycles. The fourth-order valence-electron chi connectivity index (χ4n) is 10.1. The number of carbonyl (C=O) groups excluding carboxylic acids is 10. The van der Waals surface area contributed by atoms with Gasteiger partial charge in [0, 0.05) is 56.0 Å². The number of nitrogens with one attached hydrogen (secondary N) is 9. The number of rotatable bonds is 34. The molecule has 1 aromatic heterocycles. The highest BCUT2D eigenvalue weighted by molar-refractivity contribution is 5.99. The van der Waals surface area contributed by atoms with E-state index in [1.54, 1.807) is 81.6 Å². The Balaban J connectivity index is 0.0000169. The molecular weight excluding hydrogens is 1170 g/mol. The van der Waals surface area contributed by atoms with Crippen molar-refractivity contribution in [1.82, 2.24) is 52.4 Å². The van der Waals surface area contributed by atoms with Crippen LogP contribution in [0.15, 0.2) is 90.1 Å². The van der Waals surface area contributed by atoms with Crippen molar-refractivity contribution >= 4 is 88.5 Å². The van der Waals surface area contributed by atoms with Crippen molar-refractivity contribution in [2.75, 3.05) is 26.2 Å². The molecule has 4 aromatic rings. The number of likely N-dealkylation sites (tertiary alicyclic amines) is 1. The summed E-state index contributed by atoms with van der Waals surface area (Å²) in [7, 11) is 0. The third-order valence-corrected chi connectivity index (χ3v) is 14.5. The second-order valence-electron chi connectivity index (χ2n) is 22.5. The maximum Gasteiger partial charge on any atom is 0.408 e. The third kappa shape index (κ3) is 23.6. The number of para-hydroxylation sites is 1. The number of aliphatic hydroxyl groups excluding tert-OH is 1. The number of hydrogen-bond acceptors (Lipinski definition) is 14. The molecule has 1 fully saturated rings. The molecule has 17 N–H and O–H groups in total. The Hall–Kier alpha value is -8.98. The predicted molar refractivity (Wildman–Crippen MR) is 334 cm³/mol. The molecule has 0 radical (unpaired) electrons. The molecule has 5 rings (SSSR count). The van der Waals surface area contributed by atoms with Gasteiger partial charge in [-0.1, -0.05) is 88.4 Å². The number of nitrogens with two attached hydrogens (primary N) is 3. The Kier molecular flexibility index (Phi) is 29.6. The van der Waals surface area contributed by atoms with Crippen LogP contribution in [0, 0.1) is 11.8 Å². The van der Waals surface area contributed by atoms with Crippen LogP contribution in [0.2, 0.25) is 0 Å². The van der Waals surface area contributed by atoms with Crippen LogP contribution in [0.3, 0.4) is 0 Å². The average Bonchev–Trinajstić information content (AvgIpc) is 2.10. The van der Waals surface area contributed by atoms with Crippen molar-refractivity contribution < 1.29 is 62.9 Å². The van der Waals surface area contributed by atoms with Gasteiger partial charge in [0.2, 0.25) is 53.2 Å². The number of halogens is 1. The summed E-state index contributed by atoms with van der Waals surface area (Å²) in [5, 5.41) is 42.8. The number of ether oxygens (including phenoxy) is 1. The predicted octanol–water partition coefficient (Wildman–Crippen LogP) is 0.815. The number of phenols is 1. The van der Waals surface area contributed by atoms with Gasteiger partial charge in [-0.15, -0.1) is 12.4 Å². The summed E-state index contributed by atoms with van der Waals surface area (Å²) in [5.74, 6) is -7.63. The first kappa shape index (κ1) is 72.5. The maximum absolute atomic E-state index is 14.7. The number of likely N-dealkylation sites (N-methyl/N-ethyl adjacent to an activating group) is 1. The lowest BCUT2D eigenvalue weighted by atomic mass is 9.98. The SMILES string of the molecule is CCNC(=O)[C@@H]1CCCN1C(=O)[C@H](CCCN=C(N)N)NC(=O)[C@H](CC(C)C)NC(=O)[C@@H](CC(C)C)NC(=O)[C@H](Cc1ccc(O)cc1)NC(=O)[C@H](CO)NC(=O)[C@H](Cc1c[nH]c2ccccc12)NC(=O)[C@H](CCC(N)=O)NC(=O)OCc1ccccc1.Cl. The topological polar surface area (TPSA) is 426 Å². The molecule has 2 heterocycles. The van der Waals surface area contributed by atoms with Gasteiger partial charge in [0.25, 0.3) is 0 Å². The zero-order valence-corrected chi connectivity index (χ0v) is 51.7. The number of carbonyl (C=O) groups is 10. The van der Waals surface area contributed by atoms with Crippen molar-refractivity contribution in [2.45, 2.75) is 154 Å². The number of alkyl carbamates (subject to hydrolysis) is 1. The van der Waals surface area contributed by atoms with Crippen LogP contribution < -0.4 is 59.7 Å². The van der Waals surface area contributed by atoms with Gasteiger partial charge in [-0.2, -0.15) is 0 Å². The summed E-state index contributed by atoms with van der Waals surface area (Å²) in [6.45, 7) is 8.60. The lowest BCUT2D eigenvalue weighted by molar-refractivity contribution is -0.142. The number of aliphatic imine (C=N–C) groups is 1. The van der Waals surface area contributed by atoms with E-state index in [1.807, 2.05) is 13.8 Å². The molecule has 27 nitrogen and oxygen atoms in total. The summed E-state index contributed by atoms with van der Waals surface area (Å²) >= 11 is 0. The van der Waals surface area contributed by atoms with E-state index in [0.29, 0.717) is 47.0 Å². The Bertz CT molecular complexity index is 3050. The number of nitrogens with zero attached hydrogens (tertiary/aromatic N) is 2. The highest BCUT2D eigenvalue weighted by Crippen LogP contribution is 2.22. The number of fused-ring (bicyclic) bond motifs is 1. The Morgan fingerprint density at radius 2 is 1.19 bits per heavy atom. The summed E-state index contributed by atoms with van der Waals surface area (Å²) in [5.41, 5.74) is 18.8. The molecule has 1 aliphatic rings. The van der Waals surface area contributed by atoms with E-state index in [-0.39, 0.29) is 113 Å². The minimum atomic E-state index is -1.78. The number of guanidine groups is 1. The Labute approximate surface area is 523 Å². The summed E-state index contributed by atoms with van der Waals surface area (Å²) in [6.07, 6.45) is 0.975. The number of primary amides is 1. The molecule has 0 spiro atoms. The maximum atomic E-state index is 14.7. The fourth-order valence-corrected chi connectivity index (χ4v) is 10.1. The smallest absolute Gasteiger partial charge is 0.408 e. The molecule has 3 aromatic carbocycles. The van der Waals surface area contributed by atoms with E-state index < -0.39 is 108 Å². The minimum absolute atomic E-state index is 0. The molecule has 1 aliphatic heterocycles. The van der Waals surface area contributed by atoms with Crippen molar-refractivity contribution in [3.63, 3.8) is 0 Å². The van der Waals surface area contributed by atoms with Crippen molar-refractivity contribution in [1.29, 1.82) is 0 Å². The molecule has 0 bridgehead atoms. The van der Waals surface area contributed by atoms with Crippen LogP contribution in [0.5, 0.6) is 5.75 Å². The van der Waals surface area contributed by atoms with E-state index in [0.717, 1.165) is 0 Å². The quantitative estimate of drug-likeness (QED) is 0.0175. The molecule has 486 valence electrons. The molecule has 1 saturated heterocycles. The van der Waals surface area contributed by atoms with Crippen LogP contribution in [-0.4, -0.2) is 160 Å². The molecule has 28 heteroatoms. The zero-order valence-electron chi connectivity index (χ0n) is 50.9. The second-order valence-corrected chi connectivity index (χ2v) is 22.5.